The maximum Gasteiger partial charge on any atom is 0.0990 e. The van der Waals surface area contributed by atoms with Crippen LogP contribution in [0, 0.1) is 0 Å². The van der Waals surface area contributed by atoms with Gasteiger partial charge in [0.15, 0.2) is 0 Å². The normalized spacial score (nSPS) is 18.4. The van der Waals surface area contributed by atoms with Gasteiger partial charge in [0.1, 0.15) is 0 Å². The van der Waals surface area contributed by atoms with E-state index in [4.69, 9.17) is 9.47 Å². The summed E-state index contributed by atoms with van der Waals surface area (Å²) >= 11 is 1.66. The maximum atomic E-state index is 6.27. The van der Waals surface area contributed by atoms with Gasteiger partial charge in [0.2, 0.25) is 0 Å². The van der Waals surface area contributed by atoms with Crippen molar-refractivity contribution in [3.63, 3.8) is 0 Å². The molecule has 0 radical (unpaired) electrons. The molecule has 5 heteroatoms. The number of likely N-dealkylation sites (N-methyl/N-ethyl adjacent to an activating group) is 1. The highest BCUT2D eigenvalue weighted by Crippen LogP contribution is 2.36. The van der Waals surface area contributed by atoms with E-state index >= 15 is 0 Å². The molecule has 1 fully saturated rings. The summed E-state index contributed by atoms with van der Waals surface area (Å²) < 4.78 is 11.8. The molecule has 0 bridgehead atoms. The van der Waals surface area contributed by atoms with Gasteiger partial charge < -0.3 is 14.4 Å². The molecule has 0 amide bonds. The smallest absolute Gasteiger partial charge is 0.0990 e. The Balaban J connectivity index is 2.12. The number of pyridine rings is 1. The molecule has 4 nitrogen and oxygen atoms in total. The molecule has 2 heterocycles. The highest BCUT2D eigenvalue weighted by atomic mass is 32.2. The van der Waals surface area contributed by atoms with Crippen molar-refractivity contribution >= 4 is 11.8 Å². The van der Waals surface area contributed by atoms with Crippen LogP contribution in [0.3, 0.4) is 0 Å². The summed E-state index contributed by atoms with van der Waals surface area (Å²) in [6.45, 7) is 3.18. The van der Waals surface area contributed by atoms with Crippen molar-refractivity contribution in [1.82, 2.24) is 9.88 Å². The number of nitrogens with zero attached hydrogens (tertiary/aromatic N) is 2. The molecule has 0 aromatic carbocycles. The minimum atomic E-state index is -0.224. The van der Waals surface area contributed by atoms with E-state index in [1.807, 2.05) is 12.5 Å². The van der Waals surface area contributed by atoms with E-state index in [-0.39, 0.29) is 5.60 Å². The van der Waals surface area contributed by atoms with Crippen molar-refractivity contribution in [2.75, 3.05) is 46.7 Å². The van der Waals surface area contributed by atoms with Gasteiger partial charge in [-0.15, -0.1) is 11.8 Å². The molecule has 112 valence electrons. The second-order valence-electron chi connectivity index (χ2n) is 5.35. The van der Waals surface area contributed by atoms with Gasteiger partial charge >= 0.3 is 0 Å². The lowest BCUT2D eigenvalue weighted by atomic mass is 9.87. The second-order valence-corrected chi connectivity index (χ2v) is 6.17. The lowest BCUT2D eigenvalue weighted by molar-refractivity contribution is -0.118. The lowest BCUT2D eigenvalue weighted by Gasteiger charge is -2.37. The fourth-order valence-electron chi connectivity index (χ4n) is 2.41. The summed E-state index contributed by atoms with van der Waals surface area (Å²) in [6.07, 6.45) is 5.81. The summed E-state index contributed by atoms with van der Waals surface area (Å²) in [7, 11) is 4.13. The molecule has 0 saturated carbocycles. The fraction of sp³-hybridized carbons (Fsp3) is 0.667. The zero-order chi connectivity index (χ0) is 14.4. The molecule has 1 aromatic heterocycles. The van der Waals surface area contributed by atoms with Crippen molar-refractivity contribution in [2.24, 2.45) is 0 Å². The minimum absolute atomic E-state index is 0.224. The summed E-state index contributed by atoms with van der Waals surface area (Å²) in [5.41, 5.74) is 0.954. The molecule has 0 atom stereocenters. The third kappa shape index (κ3) is 3.95. The van der Waals surface area contributed by atoms with E-state index < -0.39 is 0 Å². The standard InChI is InChI=1S/C15H24N2O2S/c1-17(2)8-11-19-15(6-9-18-10-7-15)13-4-5-14(20-3)16-12-13/h4-5,12H,6-11H2,1-3H3. The number of hydrogen-bond donors (Lipinski definition) is 0. The molecular weight excluding hydrogens is 272 g/mol. The van der Waals surface area contributed by atoms with E-state index in [2.05, 4.69) is 36.1 Å². The van der Waals surface area contributed by atoms with E-state index in [9.17, 15) is 0 Å². The number of ether oxygens (including phenoxy) is 2. The van der Waals surface area contributed by atoms with Crippen LogP contribution in [0.25, 0.3) is 0 Å². The quantitative estimate of drug-likeness (QED) is 0.753. The largest absolute Gasteiger partial charge is 0.381 e. The van der Waals surface area contributed by atoms with Crippen molar-refractivity contribution in [1.29, 1.82) is 0 Å². The number of thioether (sulfide) groups is 1. The van der Waals surface area contributed by atoms with Gasteiger partial charge in [-0.25, -0.2) is 4.98 Å². The van der Waals surface area contributed by atoms with Crippen molar-refractivity contribution < 1.29 is 9.47 Å². The van der Waals surface area contributed by atoms with Gasteiger partial charge in [-0.05, 0) is 26.4 Å². The van der Waals surface area contributed by atoms with E-state index in [1.165, 1.54) is 5.56 Å². The molecule has 0 unspecified atom stereocenters. The average molecular weight is 296 g/mol. The van der Waals surface area contributed by atoms with Crippen LogP contribution in [-0.2, 0) is 15.1 Å². The van der Waals surface area contributed by atoms with Crippen LogP contribution < -0.4 is 0 Å². The van der Waals surface area contributed by atoms with Crippen molar-refractivity contribution in [3.05, 3.63) is 23.9 Å². The lowest BCUT2D eigenvalue weighted by Crippen LogP contribution is -2.38. The Hall–Kier alpha value is -0.620. The number of rotatable bonds is 6. The third-order valence-corrected chi connectivity index (χ3v) is 4.35. The van der Waals surface area contributed by atoms with Crippen molar-refractivity contribution in [3.8, 4) is 0 Å². The molecule has 2 rings (SSSR count). The average Bonchev–Trinajstić information content (AvgIpc) is 2.48. The maximum absolute atomic E-state index is 6.27. The van der Waals surface area contributed by atoms with Crippen LogP contribution in [-0.4, -0.2) is 56.6 Å². The van der Waals surface area contributed by atoms with Crippen LogP contribution >= 0.6 is 11.8 Å². The van der Waals surface area contributed by atoms with Gasteiger partial charge in [0, 0.05) is 44.4 Å². The second kappa shape index (κ2) is 7.41. The monoisotopic (exact) mass is 296 g/mol. The SMILES string of the molecule is CSc1ccc(C2(OCCN(C)C)CCOCC2)cn1. The Morgan fingerprint density at radius 2 is 2.10 bits per heavy atom. The molecule has 1 aliphatic rings. The summed E-state index contributed by atoms with van der Waals surface area (Å²) in [6, 6.07) is 4.23. The molecule has 0 spiro atoms. The van der Waals surface area contributed by atoms with Crippen LogP contribution in [0.15, 0.2) is 23.4 Å². The van der Waals surface area contributed by atoms with Crippen molar-refractivity contribution in [2.45, 2.75) is 23.5 Å². The molecule has 1 aromatic rings. The van der Waals surface area contributed by atoms with Gasteiger partial charge in [-0.2, -0.15) is 0 Å². The third-order valence-electron chi connectivity index (χ3n) is 3.69. The fourth-order valence-corrected chi connectivity index (χ4v) is 2.77. The Kier molecular flexibility index (Phi) is 5.84. The van der Waals surface area contributed by atoms with Crippen LogP contribution in [0.4, 0.5) is 0 Å². The summed E-state index contributed by atoms with van der Waals surface area (Å²) in [4.78, 5) is 6.63. The number of hydrogen-bond acceptors (Lipinski definition) is 5. The van der Waals surface area contributed by atoms with Crippen LogP contribution in [0.5, 0.6) is 0 Å². The van der Waals surface area contributed by atoms with E-state index in [1.54, 1.807) is 11.8 Å². The minimum Gasteiger partial charge on any atom is -0.381 e. The molecule has 0 N–H and O–H groups in total. The Morgan fingerprint density at radius 3 is 2.65 bits per heavy atom. The first-order valence-electron chi connectivity index (χ1n) is 7.03. The first-order valence-corrected chi connectivity index (χ1v) is 8.26. The van der Waals surface area contributed by atoms with Crippen LogP contribution in [0.2, 0.25) is 0 Å². The summed E-state index contributed by atoms with van der Waals surface area (Å²) in [5.74, 6) is 0. The van der Waals surface area contributed by atoms with Gasteiger partial charge in [-0.3, -0.25) is 0 Å². The Labute approximate surface area is 125 Å². The topological polar surface area (TPSA) is 34.6 Å². The molecular formula is C15H24N2O2S. The first kappa shape index (κ1) is 15.8. The molecule has 1 aliphatic heterocycles. The van der Waals surface area contributed by atoms with Gasteiger partial charge in [-0.1, -0.05) is 6.07 Å². The predicted molar refractivity (Wildman–Crippen MR) is 82.3 cm³/mol. The molecule has 20 heavy (non-hydrogen) atoms. The Bertz CT molecular complexity index is 403. The highest BCUT2D eigenvalue weighted by molar-refractivity contribution is 7.98. The zero-order valence-electron chi connectivity index (χ0n) is 12.6. The number of aromatic nitrogens is 1. The molecule has 0 aliphatic carbocycles. The van der Waals surface area contributed by atoms with Gasteiger partial charge in [0.25, 0.3) is 0 Å². The van der Waals surface area contributed by atoms with E-state index in [0.29, 0.717) is 0 Å². The molecule has 1 saturated heterocycles. The highest BCUT2D eigenvalue weighted by Gasteiger charge is 2.35. The Morgan fingerprint density at radius 1 is 1.35 bits per heavy atom. The zero-order valence-corrected chi connectivity index (χ0v) is 13.4. The van der Waals surface area contributed by atoms with Gasteiger partial charge in [0.05, 0.1) is 17.2 Å². The van der Waals surface area contributed by atoms with Crippen LogP contribution in [0.1, 0.15) is 18.4 Å². The van der Waals surface area contributed by atoms with E-state index in [0.717, 1.165) is 44.2 Å². The predicted octanol–water partition coefficient (Wildman–Crippen LogP) is 2.39. The summed E-state index contributed by atoms with van der Waals surface area (Å²) in [5, 5.41) is 1.05. The first-order chi connectivity index (χ1) is 9.66.